The first-order valence-electron chi connectivity index (χ1n) is 11.0. The highest BCUT2D eigenvalue weighted by atomic mass is 35.5. The van der Waals surface area contributed by atoms with Crippen molar-refractivity contribution in [1.82, 2.24) is 10.2 Å². The third kappa shape index (κ3) is 4.48. The second-order valence-corrected chi connectivity index (χ2v) is 10.5. The van der Waals surface area contributed by atoms with Crippen molar-refractivity contribution in [3.8, 4) is 0 Å². The van der Waals surface area contributed by atoms with E-state index >= 15 is 0 Å². The van der Waals surface area contributed by atoms with Crippen molar-refractivity contribution < 1.29 is 18.0 Å². The molecule has 3 aromatic carbocycles. The van der Waals surface area contributed by atoms with E-state index in [9.17, 15) is 18.0 Å². The Balaban J connectivity index is 1.49. The van der Waals surface area contributed by atoms with Gasteiger partial charge in [0.05, 0.1) is 10.6 Å². The lowest BCUT2D eigenvalue weighted by molar-refractivity contribution is -0.140. The highest BCUT2D eigenvalue weighted by Crippen LogP contribution is 2.42. The zero-order valence-electron chi connectivity index (χ0n) is 19.0. The van der Waals surface area contributed by atoms with E-state index in [1.54, 1.807) is 37.3 Å². The number of carbonyl (C=O) groups is 2. The lowest BCUT2D eigenvalue weighted by Crippen LogP contribution is -2.46. The maximum absolute atomic E-state index is 13.2. The molecule has 0 saturated heterocycles. The van der Waals surface area contributed by atoms with Gasteiger partial charge in [-0.3, -0.25) is 13.9 Å². The first kappa shape index (κ1) is 24.0. The highest BCUT2D eigenvalue weighted by Gasteiger charge is 2.35. The van der Waals surface area contributed by atoms with Gasteiger partial charge >= 0.3 is 0 Å². The van der Waals surface area contributed by atoms with Gasteiger partial charge in [0.15, 0.2) is 0 Å². The fraction of sp³-hybridized carbons (Fsp3) is 0.280. The van der Waals surface area contributed by atoms with E-state index in [4.69, 9.17) is 11.6 Å². The Morgan fingerprint density at radius 1 is 1.06 bits per heavy atom. The summed E-state index contributed by atoms with van der Waals surface area (Å²) in [4.78, 5) is 27.3. The third-order valence-electron chi connectivity index (χ3n) is 6.11. The first-order chi connectivity index (χ1) is 16.2. The van der Waals surface area contributed by atoms with Gasteiger partial charge in [-0.1, -0.05) is 48.0 Å². The molecule has 3 aromatic rings. The predicted octanol–water partition coefficient (Wildman–Crippen LogP) is 3.95. The molecular formula is C25H26ClN3O4S. The summed E-state index contributed by atoms with van der Waals surface area (Å²) in [5.41, 5.74) is 1.48. The summed E-state index contributed by atoms with van der Waals surface area (Å²) in [6.45, 7) is 2.09. The first-order valence-corrected chi connectivity index (χ1v) is 12.9. The number of likely N-dealkylation sites (N-methyl/N-ethyl adjacent to an activating group) is 1. The van der Waals surface area contributed by atoms with E-state index in [1.807, 2.05) is 30.3 Å². The van der Waals surface area contributed by atoms with Gasteiger partial charge in [-0.25, -0.2) is 8.42 Å². The Bertz CT molecular complexity index is 1340. The average molecular weight is 500 g/mol. The van der Waals surface area contributed by atoms with Gasteiger partial charge in [-0.05, 0) is 48.6 Å². The van der Waals surface area contributed by atoms with Gasteiger partial charge in [0.2, 0.25) is 11.8 Å². The summed E-state index contributed by atoms with van der Waals surface area (Å²) in [5.74, 6) is -0.495. The van der Waals surface area contributed by atoms with Crippen LogP contribution in [0, 0.1) is 0 Å². The van der Waals surface area contributed by atoms with Crippen LogP contribution in [0.5, 0.6) is 0 Å². The van der Waals surface area contributed by atoms with Crippen LogP contribution in [0.2, 0.25) is 5.02 Å². The molecule has 0 radical (unpaired) electrons. The Labute approximate surface area is 204 Å². The van der Waals surface area contributed by atoms with Gasteiger partial charge in [0.25, 0.3) is 10.0 Å². The van der Waals surface area contributed by atoms with E-state index in [-0.39, 0.29) is 31.3 Å². The summed E-state index contributed by atoms with van der Waals surface area (Å²) in [5, 5.41) is 4.76. The van der Waals surface area contributed by atoms with Crippen molar-refractivity contribution in [3.63, 3.8) is 0 Å². The van der Waals surface area contributed by atoms with Crippen molar-refractivity contribution in [2.45, 2.75) is 37.2 Å². The quantitative estimate of drug-likeness (QED) is 0.508. The smallest absolute Gasteiger partial charge is 0.265 e. The fourth-order valence-corrected chi connectivity index (χ4v) is 6.17. The Kier molecular flexibility index (Phi) is 6.81. The van der Waals surface area contributed by atoms with E-state index in [0.29, 0.717) is 27.4 Å². The van der Waals surface area contributed by atoms with E-state index in [2.05, 4.69) is 5.32 Å². The summed E-state index contributed by atoms with van der Waals surface area (Å²) >= 11 is 5.96. The van der Waals surface area contributed by atoms with Crippen LogP contribution in [-0.4, -0.2) is 44.8 Å². The number of nitrogens with zero attached hydrogens (tertiary/aromatic N) is 2. The summed E-state index contributed by atoms with van der Waals surface area (Å²) in [7, 11) is -2.14. The summed E-state index contributed by atoms with van der Waals surface area (Å²) in [6.07, 6.45) is 0.424. The number of carbonyl (C=O) groups excluding carboxylic acids is 2. The molecule has 9 heteroatoms. The molecule has 1 heterocycles. The molecule has 1 atom stereocenters. The van der Waals surface area contributed by atoms with Crippen LogP contribution in [-0.2, 0) is 26.2 Å². The minimum Gasteiger partial charge on any atom is -0.357 e. The Hall–Kier alpha value is -3.10. The molecule has 7 nitrogen and oxygen atoms in total. The van der Waals surface area contributed by atoms with E-state index < -0.39 is 16.1 Å². The molecule has 4 rings (SSSR count). The molecule has 0 bridgehead atoms. The van der Waals surface area contributed by atoms with Crippen LogP contribution in [0.3, 0.4) is 0 Å². The molecule has 0 aromatic heterocycles. The van der Waals surface area contributed by atoms with Crippen molar-refractivity contribution >= 4 is 49.9 Å². The van der Waals surface area contributed by atoms with E-state index in [1.165, 1.54) is 16.3 Å². The minimum absolute atomic E-state index is 0.104. The molecule has 1 aliphatic rings. The van der Waals surface area contributed by atoms with Crippen LogP contribution < -0.4 is 9.62 Å². The number of amides is 2. The van der Waals surface area contributed by atoms with Gasteiger partial charge in [-0.15, -0.1) is 0 Å². The van der Waals surface area contributed by atoms with Crippen molar-refractivity contribution in [2.75, 3.05) is 17.9 Å². The zero-order valence-corrected chi connectivity index (χ0v) is 20.6. The Morgan fingerprint density at radius 2 is 1.74 bits per heavy atom. The number of hydrogen-bond acceptors (Lipinski definition) is 4. The molecule has 1 aliphatic heterocycles. The lowest BCUT2D eigenvalue weighted by atomic mass is 10.1. The van der Waals surface area contributed by atoms with Crippen LogP contribution in [0.4, 0.5) is 5.69 Å². The topological polar surface area (TPSA) is 86.8 Å². The van der Waals surface area contributed by atoms with Crippen LogP contribution >= 0.6 is 11.6 Å². The predicted molar refractivity (Wildman–Crippen MR) is 133 cm³/mol. The van der Waals surface area contributed by atoms with Crippen LogP contribution in [0.1, 0.15) is 25.3 Å². The largest absolute Gasteiger partial charge is 0.357 e. The second-order valence-electron chi connectivity index (χ2n) is 8.25. The summed E-state index contributed by atoms with van der Waals surface area (Å²) < 4.78 is 27.7. The van der Waals surface area contributed by atoms with Gasteiger partial charge in [-0.2, -0.15) is 0 Å². The summed E-state index contributed by atoms with van der Waals surface area (Å²) in [6, 6.07) is 17.2. The molecular weight excluding hydrogens is 474 g/mol. The molecule has 0 aliphatic carbocycles. The molecule has 2 amide bonds. The van der Waals surface area contributed by atoms with E-state index in [0.717, 1.165) is 10.9 Å². The maximum Gasteiger partial charge on any atom is 0.265 e. The molecule has 0 saturated carbocycles. The van der Waals surface area contributed by atoms with Crippen molar-refractivity contribution in [3.05, 3.63) is 71.2 Å². The zero-order chi connectivity index (χ0) is 24.5. The molecule has 34 heavy (non-hydrogen) atoms. The number of rotatable bonds is 8. The third-order valence-corrected chi connectivity index (χ3v) is 8.22. The SMILES string of the molecule is CNC(=O)[C@@H](C)N(Cc1ccc(Cl)cc1)C(=O)CCCN1c2cccc3cccc(c23)S1(=O)=O. The molecule has 178 valence electrons. The Morgan fingerprint density at radius 3 is 2.41 bits per heavy atom. The average Bonchev–Trinajstić information content (AvgIpc) is 3.05. The van der Waals surface area contributed by atoms with Gasteiger partial charge in [0.1, 0.15) is 6.04 Å². The van der Waals surface area contributed by atoms with Crippen molar-refractivity contribution in [1.29, 1.82) is 0 Å². The molecule has 0 unspecified atom stereocenters. The number of halogens is 1. The standard InChI is InChI=1S/C25H26ClN3O4S/c1-17(25(31)27-2)28(16-18-11-13-20(26)14-12-18)23(30)10-5-15-29-21-8-3-6-19-7-4-9-22(24(19)21)34(29,32)33/h3-4,6-9,11-14,17H,5,10,15-16H2,1-2H3,(H,27,31)/t17-/m1/s1. The normalized spacial score (nSPS) is 14.7. The molecule has 0 spiro atoms. The monoisotopic (exact) mass is 499 g/mol. The van der Waals surface area contributed by atoms with Crippen LogP contribution in [0.25, 0.3) is 10.8 Å². The fourth-order valence-electron chi connectivity index (χ4n) is 4.29. The number of sulfonamides is 1. The maximum atomic E-state index is 13.2. The number of nitrogens with one attached hydrogen (secondary N) is 1. The second kappa shape index (κ2) is 9.64. The molecule has 1 N–H and O–H groups in total. The van der Waals surface area contributed by atoms with Gasteiger partial charge in [0, 0.05) is 37.0 Å². The minimum atomic E-state index is -3.67. The van der Waals surface area contributed by atoms with Crippen LogP contribution in [0.15, 0.2) is 65.6 Å². The number of anilines is 1. The lowest BCUT2D eigenvalue weighted by Gasteiger charge is -2.29. The van der Waals surface area contributed by atoms with Gasteiger partial charge < -0.3 is 10.2 Å². The molecule has 0 fully saturated rings. The van der Waals surface area contributed by atoms with Crippen molar-refractivity contribution in [2.24, 2.45) is 0 Å². The number of benzene rings is 3. The highest BCUT2D eigenvalue weighted by molar-refractivity contribution is 7.93. The number of hydrogen-bond donors (Lipinski definition) is 1.